The van der Waals surface area contributed by atoms with Crippen molar-refractivity contribution in [3.05, 3.63) is 53.3 Å². The highest BCUT2D eigenvalue weighted by atomic mass is 19.1. The smallest absolute Gasteiger partial charge is 0.488 e. The van der Waals surface area contributed by atoms with E-state index in [0.717, 1.165) is 5.56 Å². The molecule has 0 aromatic heterocycles. The second-order valence-electron chi connectivity index (χ2n) is 4.64. The van der Waals surface area contributed by atoms with Crippen LogP contribution in [0.25, 0.3) is 0 Å². The molecule has 0 spiro atoms. The monoisotopic (exact) mass is 290 g/mol. The zero-order chi connectivity index (χ0) is 15.4. The van der Waals surface area contributed by atoms with E-state index in [2.05, 4.69) is 0 Å². The lowest BCUT2D eigenvalue weighted by atomic mass is 9.79. The highest BCUT2D eigenvalue weighted by Gasteiger charge is 2.13. The minimum atomic E-state index is -1.52. The molecular weight excluding hydrogens is 274 g/mol. The number of ether oxygens (including phenoxy) is 2. The van der Waals surface area contributed by atoms with Gasteiger partial charge in [-0.1, -0.05) is 12.1 Å². The Morgan fingerprint density at radius 1 is 1.14 bits per heavy atom. The molecule has 21 heavy (non-hydrogen) atoms. The third-order valence-corrected chi connectivity index (χ3v) is 3.14. The molecule has 0 saturated carbocycles. The van der Waals surface area contributed by atoms with Crippen LogP contribution in [0, 0.1) is 12.7 Å². The van der Waals surface area contributed by atoms with E-state index in [-0.39, 0.29) is 6.61 Å². The topological polar surface area (TPSA) is 58.9 Å². The Balaban J connectivity index is 2.09. The fraction of sp³-hybridized carbons (Fsp3) is 0.200. The summed E-state index contributed by atoms with van der Waals surface area (Å²) in [4.78, 5) is 0. The molecule has 0 bridgehead atoms. The number of benzene rings is 2. The van der Waals surface area contributed by atoms with E-state index in [9.17, 15) is 4.39 Å². The van der Waals surface area contributed by atoms with Gasteiger partial charge in [0.15, 0.2) is 0 Å². The van der Waals surface area contributed by atoms with Crippen molar-refractivity contribution >= 4 is 12.6 Å². The third-order valence-electron chi connectivity index (χ3n) is 3.14. The molecule has 0 aliphatic heterocycles. The van der Waals surface area contributed by atoms with Gasteiger partial charge in [-0.3, -0.25) is 0 Å². The van der Waals surface area contributed by atoms with Gasteiger partial charge in [-0.25, -0.2) is 4.39 Å². The Labute approximate surface area is 122 Å². The van der Waals surface area contributed by atoms with Crippen LogP contribution in [0.3, 0.4) is 0 Å². The van der Waals surface area contributed by atoms with E-state index in [0.29, 0.717) is 22.5 Å². The van der Waals surface area contributed by atoms with Gasteiger partial charge < -0.3 is 19.5 Å². The average Bonchev–Trinajstić information content (AvgIpc) is 2.46. The quantitative estimate of drug-likeness (QED) is 0.817. The van der Waals surface area contributed by atoms with Crippen molar-refractivity contribution in [3.63, 3.8) is 0 Å². The molecule has 0 fully saturated rings. The first kappa shape index (κ1) is 15.3. The zero-order valence-corrected chi connectivity index (χ0v) is 11.8. The molecule has 0 radical (unpaired) electrons. The van der Waals surface area contributed by atoms with Crippen LogP contribution >= 0.6 is 0 Å². The number of rotatable bonds is 5. The summed E-state index contributed by atoms with van der Waals surface area (Å²) in [5.41, 5.74) is 1.55. The lowest BCUT2D eigenvalue weighted by Gasteiger charge is -2.11. The fourth-order valence-corrected chi connectivity index (χ4v) is 1.92. The maximum Gasteiger partial charge on any atom is 0.488 e. The average molecular weight is 290 g/mol. The van der Waals surface area contributed by atoms with Gasteiger partial charge >= 0.3 is 7.12 Å². The summed E-state index contributed by atoms with van der Waals surface area (Å²) in [6.45, 7) is 1.86. The number of hydrogen-bond acceptors (Lipinski definition) is 4. The van der Waals surface area contributed by atoms with Crippen LogP contribution in [0.15, 0.2) is 36.4 Å². The summed E-state index contributed by atoms with van der Waals surface area (Å²) in [6.07, 6.45) is 0. The van der Waals surface area contributed by atoms with Gasteiger partial charge in [0.05, 0.1) is 7.11 Å². The molecule has 0 aliphatic rings. The van der Waals surface area contributed by atoms with Crippen LogP contribution < -0.4 is 14.9 Å². The maximum atomic E-state index is 13.8. The molecule has 0 unspecified atom stereocenters. The minimum absolute atomic E-state index is 0.0810. The Hall–Kier alpha value is -2.05. The molecule has 4 nitrogen and oxygen atoms in total. The van der Waals surface area contributed by atoms with E-state index in [1.807, 2.05) is 0 Å². The summed E-state index contributed by atoms with van der Waals surface area (Å²) in [5.74, 6) is 0.623. The molecule has 6 heteroatoms. The van der Waals surface area contributed by atoms with Gasteiger partial charge in [0.1, 0.15) is 23.9 Å². The summed E-state index contributed by atoms with van der Waals surface area (Å²) in [5, 5.41) is 18.2. The van der Waals surface area contributed by atoms with Crippen molar-refractivity contribution in [1.29, 1.82) is 0 Å². The first-order chi connectivity index (χ1) is 10.0. The van der Waals surface area contributed by atoms with Gasteiger partial charge in [-0.05, 0) is 36.1 Å². The molecule has 2 aromatic rings. The van der Waals surface area contributed by atoms with Gasteiger partial charge in [0.2, 0.25) is 0 Å². The molecule has 2 N–H and O–H groups in total. The van der Waals surface area contributed by atoms with Gasteiger partial charge in [-0.2, -0.15) is 0 Å². The predicted octanol–water partition coefficient (Wildman–Crippen LogP) is 1.40. The summed E-state index contributed by atoms with van der Waals surface area (Å²) < 4.78 is 24.3. The maximum absolute atomic E-state index is 13.8. The van der Waals surface area contributed by atoms with Crippen LogP contribution in [-0.4, -0.2) is 24.3 Å². The molecular formula is C15H16BFO4. The van der Waals surface area contributed by atoms with E-state index < -0.39 is 12.9 Å². The molecule has 0 saturated heterocycles. The predicted molar refractivity (Wildman–Crippen MR) is 78.3 cm³/mol. The third kappa shape index (κ3) is 3.74. The first-order valence-electron chi connectivity index (χ1n) is 6.43. The number of methoxy groups -OCH3 is 1. The molecule has 0 amide bonds. The molecule has 0 atom stereocenters. The van der Waals surface area contributed by atoms with Gasteiger partial charge in [0, 0.05) is 11.6 Å². The molecule has 2 aromatic carbocycles. The van der Waals surface area contributed by atoms with Gasteiger partial charge in [0.25, 0.3) is 0 Å². The Morgan fingerprint density at radius 3 is 2.48 bits per heavy atom. The molecule has 0 heterocycles. The molecule has 2 rings (SSSR count). The lowest BCUT2D eigenvalue weighted by molar-refractivity contribution is 0.297. The van der Waals surface area contributed by atoms with Crippen molar-refractivity contribution in [2.45, 2.75) is 13.5 Å². The largest absolute Gasteiger partial charge is 0.497 e. The van der Waals surface area contributed by atoms with Crippen molar-refractivity contribution in [1.82, 2.24) is 0 Å². The van der Waals surface area contributed by atoms with Crippen molar-refractivity contribution in [3.8, 4) is 11.5 Å². The standard InChI is InChI=1S/C15H16BFO4/c1-10-7-12(16(18)19)4-6-15(10)21-9-11-3-5-13(20-2)8-14(11)17/h3-8,18-19H,9H2,1-2H3. The van der Waals surface area contributed by atoms with Gasteiger partial charge in [-0.15, -0.1) is 0 Å². The zero-order valence-electron chi connectivity index (χ0n) is 11.8. The molecule has 0 aliphatic carbocycles. The van der Waals surface area contributed by atoms with Crippen LogP contribution in [0.1, 0.15) is 11.1 Å². The first-order valence-corrected chi connectivity index (χ1v) is 6.43. The minimum Gasteiger partial charge on any atom is -0.497 e. The fourth-order valence-electron chi connectivity index (χ4n) is 1.92. The SMILES string of the molecule is COc1ccc(COc2ccc(B(O)O)cc2C)c(F)c1. The van der Waals surface area contributed by atoms with E-state index >= 15 is 0 Å². The van der Waals surface area contributed by atoms with Crippen molar-refractivity contribution in [2.75, 3.05) is 7.11 Å². The number of aryl methyl sites for hydroxylation is 1. The normalized spacial score (nSPS) is 10.3. The highest BCUT2D eigenvalue weighted by molar-refractivity contribution is 6.58. The second-order valence-corrected chi connectivity index (χ2v) is 4.64. The van der Waals surface area contributed by atoms with Crippen LogP contribution in [0.4, 0.5) is 4.39 Å². The summed E-state index contributed by atoms with van der Waals surface area (Å²) in [7, 11) is -0.0392. The van der Waals surface area contributed by atoms with E-state index in [1.165, 1.54) is 13.2 Å². The van der Waals surface area contributed by atoms with E-state index in [4.69, 9.17) is 19.5 Å². The second kappa shape index (κ2) is 6.60. The number of hydrogen-bond donors (Lipinski definition) is 2. The Bertz CT molecular complexity index is 631. The lowest BCUT2D eigenvalue weighted by Crippen LogP contribution is -2.29. The van der Waals surface area contributed by atoms with Crippen LogP contribution in [0.2, 0.25) is 0 Å². The summed E-state index contributed by atoms with van der Waals surface area (Å²) in [6, 6.07) is 9.37. The Morgan fingerprint density at radius 2 is 1.90 bits per heavy atom. The van der Waals surface area contributed by atoms with Crippen molar-refractivity contribution in [2.24, 2.45) is 0 Å². The Kier molecular flexibility index (Phi) is 4.83. The van der Waals surface area contributed by atoms with Crippen molar-refractivity contribution < 1.29 is 23.9 Å². The highest BCUT2D eigenvalue weighted by Crippen LogP contribution is 2.20. The number of halogens is 1. The van der Waals surface area contributed by atoms with Crippen LogP contribution in [0.5, 0.6) is 11.5 Å². The van der Waals surface area contributed by atoms with Crippen LogP contribution in [-0.2, 0) is 6.61 Å². The van der Waals surface area contributed by atoms with E-state index in [1.54, 1.807) is 37.3 Å². The molecule has 110 valence electrons. The summed E-state index contributed by atoms with van der Waals surface area (Å²) >= 11 is 0.